The van der Waals surface area contributed by atoms with E-state index in [0.29, 0.717) is 12.0 Å². The Balaban J connectivity index is 2.11. The maximum atomic E-state index is 14.2. The molecule has 0 aliphatic carbocycles. The first kappa shape index (κ1) is 18.0. The lowest BCUT2D eigenvalue weighted by atomic mass is 9.96. The van der Waals surface area contributed by atoms with Gasteiger partial charge in [0.25, 0.3) is 0 Å². The molecule has 1 unspecified atom stereocenters. The summed E-state index contributed by atoms with van der Waals surface area (Å²) >= 11 is 0. The van der Waals surface area contributed by atoms with Crippen LogP contribution in [0.1, 0.15) is 30.9 Å². The monoisotopic (exact) mass is 360 g/mol. The molecule has 26 heavy (non-hydrogen) atoms. The molecule has 1 aliphatic rings. The minimum absolute atomic E-state index is 0.118. The first-order valence-corrected chi connectivity index (χ1v) is 8.18. The van der Waals surface area contributed by atoms with Crippen LogP contribution in [0.4, 0.5) is 8.78 Å². The van der Waals surface area contributed by atoms with Gasteiger partial charge in [-0.15, -0.1) is 5.10 Å². The van der Waals surface area contributed by atoms with Gasteiger partial charge in [-0.1, -0.05) is 30.3 Å². The number of halogens is 2. The van der Waals surface area contributed by atoms with Crippen LogP contribution in [0.25, 0.3) is 0 Å². The SMILES string of the molecule is CC(=O)N1N=C(c2cc(F)ccc2F)OC1(CCCO)c1ccccc1. The molecule has 1 heterocycles. The van der Waals surface area contributed by atoms with Crippen molar-refractivity contribution >= 4 is 11.8 Å². The molecule has 5 nitrogen and oxygen atoms in total. The number of aliphatic hydroxyl groups excluding tert-OH is 1. The number of rotatable bonds is 5. The number of benzene rings is 2. The molecule has 2 aromatic rings. The van der Waals surface area contributed by atoms with Gasteiger partial charge in [0.2, 0.25) is 17.5 Å². The molecule has 0 saturated heterocycles. The Hall–Kier alpha value is -2.80. The van der Waals surface area contributed by atoms with E-state index in [4.69, 9.17) is 4.74 Å². The van der Waals surface area contributed by atoms with Crippen LogP contribution in [0.2, 0.25) is 0 Å². The molecule has 2 aromatic carbocycles. The Morgan fingerprint density at radius 3 is 2.62 bits per heavy atom. The van der Waals surface area contributed by atoms with Crippen molar-refractivity contribution in [3.05, 3.63) is 71.3 Å². The second-order valence-electron chi connectivity index (χ2n) is 5.94. The van der Waals surface area contributed by atoms with Crippen molar-refractivity contribution in [2.45, 2.75) is 25.5 Å². The number of aliphatic hydroxyl groups is 1. The maximum Gasteiger partial charge on any atom is 0.244 e. The van der Waals surface area contributed by atoms with Gasteiger partial charge in [-0.3, -0.25) is 4.79 Å². The third-order valence-electron chi connectivity index (χ3n) is 4.15. The summed E-state index contributed by atoms with van der Waals surface area (Å²) in [6.45, 7) is 1.20. The first-order valence-electron chi connectivity index (χ1n) is 8.18. The van der Waals surface area contributed by atoms with Crippen molar-refractivity contribution in [3.63, 3.8) is 0 Å². The number of hydrazone groups is 1. The van der Waals surface area contributed by atoms with Crippen molar-refractivity contribution in [2.75, 3.05) is 6.61 Å². The van der Waals surface area contributed by atoms with Crippen LogP contribution in [-0.4, -0.2) is 28.5 Å². The first-order chi connectivity index (χ1) is 12.5. The molecule has 0 spiro atoms. The van der Waals surface area contributed by atoms with Crippen molar-refractivity contribution in [2.24, 2.45) is 5.10 Å². The molecule has 0 bridgehead atoms. The van der Waals surface area contributed by atoms with Crippen molar-refractivity contribution in [3.8, 4) is 0 Å². The highest BCUT2D eigenvalue weighted by Crippen LogP contribution is 2.40. The topological polar surface area (TPSA) is 62.1 Å². The summed E-state index contributed by atoms with van der Waals surface area (Å²) in [5.74, 6) is -1.95. The molecule has 3 rings (SSSR count). The summed E-state index contributed by atoms with van der Waals surface area (Å²) in [6.07, 6.45) is 0.560. The Morgan fingerprint density at radius 2 is 1.96 bits per heavy atom. The van der Waals surface area contributed by atoms with Gasteiger partial charge in [0.05, 0.1) is 5.56 Å². The van der Waals surface area contributed by atoms with Crippen LogP contribution >= 0.6 is 0 Å². The third kappa shape index (κ3) is 3.17. The zero-order valence-electron chi connectivity index (χ0n) is 14.2. The van der Waals surface area contributed by atoms with Gasteiger partial charge in [-0.25, -0.2) is 8.78 Å². The normalized spacial score (nSPS) is 19.2. The Labute approximate surface area is 149 Å². The number of hydrogen-bond donors (Lipinski definition) is 1. The van der Waals surface area contributed by atoms with E-state index >= 15 is 0 Å². The van der Waals surface area contributed by atoms with Gasteiger partial charge in [0.1, 0.15) is 11.6 Å². The lowest BCUT2D eigenvalue weighted by Crippen LogP contribution is -2.44. The zero-order chi connectivity index (χ0) is 18.7. The molecule has 1 aliphatic heterocycles. The third-order valence-corrected chi connectivity index (χ3v) is 4.15. The zero-order valence-corrected chi connectivity index (χ0v) is 14.2. The minimum Gasteiger partial charge on any atom is -0.443 e. The summed E-state index contributed by atoms with van der Waals surface area (Å²) in [4.78, 5) is 12.2. The van der Waals surface area contributed by atoms with Gasteiger partial charge >= 0.3 is 0 Å². The molecule has 1 atom stereocenters. The predicted molar refractivity (Wildman–Crippen MR) is 90.9 cm³/mol. The number of carbonyl (C=O) groups is 1. The van der Waals surface area contributed by atoms with Crippen LogP contribution < -0.4 is 0 Å². The smallest absolute Gasteiger partial charge is 0.244 e. The van der Waals surface area contributed by atoms with E-state index in [1.54, 1.807) is 24.3 Å². The lowest BCUT2D eigenvalue weighted by molar-refractivity contribution is -0.150. The fourth-order valence-electron chi connectivity index (χ4n) is 2.99. The average Bonchev–Trinajstić information content (AvgIpc) is 3.04. The highest BCUT2D eigenvalue weighted by molar-refractivity contribution is 5.97. The maximum absolute atomic E-state index is 14.2. The summed E-state index contributed by atoms with van der Waals surface area (Å²) in [6, 6.07) is 11.8. The number of carbonyl (C=O) groups excluding carboxylic acids is 1. The molecule has 1 amide bonds. The summed E-state index contributed by atoms with van der Waals surface area (Å²) in [5.41, 5.74) is -0.874. The average molecular weight is 360 g/mol. The largest absolute Gasteiger partial charge is 0.443 e. The van der Waals surface area contributed by atoms with Crippen molar-refractivity contribution in [1.29, 1.82) is 0 Å². The van der Waals surface area contributed by atoms with Gasteiger partial charge in [0, 0.05) is 25.5 Å². The fraction of sp³-hybridized carbons (Fsp3) is 0.263. The number of amides is 1. The van der Waals surface area contributed by atoms with Crippen LogP contribution in [0.3, 0.4) is 0 Å². The quantitative estimate of drug-likeness (QED) is 0.891. The highest BCUT2D eigenvalue weighted by Gasteiger charge is 2.48. The standard InChI is InChI=1S/C19H18F2N2O3/c1-13(25)23-19(10-5-11-24,14-6-3-2-4-7-14)26-18(22-23)16-12-15(20)8-9-17(16)21/h2-4,6-9,12,24H,5,10-11H2,1H3. The van der Waals surface area contributed by atoms with E-state index in [2.05, 4.69) is 5.10 Å². The summed E-state index contributed by atoms with van der Waals surface area (Å²) in [5, 5.41) is 14.5. The van der Waals surface area contributed by atoms with Crippen LogP contribution in [-0.2, 0) is 15.3 Å². The predicted octanol–water partition coefficient (Wildman–Crippen LogP) is 3.13. The molecular formula is C19H18F2N2O3. The van der Waals surface area contributed by atoms with Crippen molar-refractivity contribution in [1.82, 2.24) is 5.01 Å². The Bertz CT molecular complexity index is 842. The van der Waals surface area contributed by atoms with Gasteiger partial charge in [0.15, 0.2) is 0 Å². The lowest BCUT2D eigenvalue weighted by Gasteiger charge is -2.34. The molecule has 136 valence electrons. The second-order valence-corrected chi connectivity index (χ2v) is 5.94. The van der Waals surface area contributed by atoms with Crippen LogP contribution in [0, 0.1) is 11.6 Å². The Morgan fingerprint density at radius 1 is 1.23 bits per heavy atom. The van der Waals surface area contributed by atoms with E-state index in [1.165, 1.54) is 6.92 Å². The van der Waals surface area contributed by atoms with Crippen LogP contribution in [0.5, 0.6) is 0 Å². The Kier molecular flexibility index (Phi) is 4.99. The molecule has 0 saturated carbocycles. The molecule has 7 heteroatoms. The van der Waals surface area contributed by atoms with Gasteiger partial charge in [-0.2, -0.15) is 5.01 Å². The number of ether oxygens (including phenoxy) is 1. The summed E-state index contributed by atoms with van der Waals surface area (Å²) < 4.78 is 33.7. The van der Waals surface area contributed by atoms with E-state index in [1.807, 2.05) is 6.07 Å². The van der Waals surface area contributed by atoms with Gasteiger partial charge in [-0.05, 0) is 24.6 Å². The molecule has 0 aromatic heterocycles. The molecule has 0 radical (unpaired) electrons. The molecule has 1 N–H and O–H groups in total. The summed E-state index contributed by atoms with van der Waals surface area (Å²) in [7, 11) is 0. The molecular weight excluding hydrogens is 342 g/mol. The van der Waals surface area contributed by atoms with E-state index in [-0.39, 0.29) is 24.5 Å². The van der Waals surface area contributed by atoms with Crippen molar-refractivity contribution < 1.29 is 23.4 Å². The number of hydrogen-bond acceptors (Lipinski definition) is 4. The van der Waals surface area contributed by atoms with Gasteiger partial charge < -0.3 is 9.84 Å². The van der Waals surface area contributed by atoms with E-state index in [9.17, 15) is 18.7 Å². The van der Waals surface area contributed by atoms with Crippen LogP contribution in [0.15, 0.2) is 53.6 Å². The highest BCUT2D eigenvalue weighted by atomic mass is 19.1. The molecule has 0 fully saturated rings. The second kappa shape index (κ2) is 7.21. The fourth-order valence-corrected chi connectivity index (χ4v) is 2.99. The van der Waals surface area contributed by atoms with E-state index in [0.717, 1.165) is 23.2 Å². The van der Waals surface area contributed by atoms with E-state index < -0.39 is 23.3 Å². The minimum atomic E-state index is -1.33. The number of nitrogens with zero attached hydrogens (tertiary/aromatic N) is 2.